The largest absolute Gasteiger partial charge is 0.325 e. The van der Waals surface area contributed by atoms with Gasteiger partial charge in [0.2, 0.25) is 15.9 Å². The Hall–Kier alpha value is -3.06. The van der Waals surface area contributed by atoms with E-state index >= 15 is 0 Å². The van der Waals surface area contributed by atoms with Gasteiger partial charge in [-0.15, -0.1) is 0 Å². The number of nitrogens with one attached hydrogen (secondary N) is 1. The van der Waals surface area contributed by atoms with Gasteiger partial charge in [0.1, 0.15) is 6.54 Å². The minimum Gasteiger partial charge on any atom is -0.325 e. The highest BCUT2D eigenvalue weighted by Gasteiger charge is 2.26. The lowest BCUT2D eigenvalue weighted by Gasteiger charge is -2.22. The van der Waals surface area contributed by atoms with Crippen LogP contribution in [0.3, 0.4) is 0 Å². The Balaban J connectivity index is 2.27. The van der Waals surface area contributed by atoms with Crippen molar-refractivity contribution in [1.29, 1.82) is 5.26 Å². The Morgan fingerprint density at radius 2 is 1.73 bits per heavy atom. The van der Waals surface area contributed by atoms with Crippen molar-refractivity contribution < 1.29 is 26.4 Å². The molecule has 26 heavy (non-hydrogen) atoms. The summed E-state index contributed by atoms with van der Waals surface area (Å²) in [5, 5.41) is 11.1. The number of amides is 1. The first-order valence-electron chi connectivity index (χ1n) is 7.04. The SMILES string of the molecule is CS(=O)(=O)N(CC(=O)Nc1ccc(C#N)cc1)c1ccc(F)c(F)c1F. The van der Waals surface area contributed by atoms with Gasteiger partial charge in [-0.2, -0.15) is 5.26 Å². The van der Waals surface area contributed by atoms with Gasteiger partial charge in [-0.25, -0.2) is 21.6 Å². The Morgan fingerprint density at radius 3 is 2.27 bits per heavy atom. The lowest BCUT2D eigenvalue weighted by atomic mass is 10.2. The number of nitriles is 1. The molecule has 10 heteroatoms. The summed E-state index contributed by atoms with van der Waals surface area (Å²) in [4.78, 5) is 12.1. The van der Waals surface area contributed by atoms with Crippen molar-refractivity contribution in [3.8, 4) is 6.07 Å². The molecule has 0 radical (unpaired) electrons. The number of anilines is 2. The van der Waals surface area contributed by atoms with Crippen molar-refractivity contribution in [2.45, 2.75) is 0 Å². The molecule has 2 aromatic carbocycles. The summed E-state index contributed by atoms with van der Waals surface area (Å²) in [5.74, 6) is -5.89. The van der Waals surface area contributed by atoms with E-state index in [9.17, 15) is 26.4 Å². The number of sulfonamides is 1. The lowest BCUT2D eigenvalue weighted by molar-refractivity contribution is -0.114. The predicted octanol–water partition coefficient (Wildman–Crippen LogP) is 2.38. The Labute approximate surface area is 147 Å². The quantitative estimate of drug-likeness (QED) is 0.803. The Morgan fingerprint density at radius 1 is 1.12 bits per heavy atom. The van der Waals surface area contributed by atoms with Crippen LogP contribution >= 0.6 is 0 Å². The van der Waals surface area contributed by atoms with Crippen molar-refractivity contribution in [2.75, 3.05) is 22.4 Å². The van der Waals surface area contributed by atoms with E-state index < -0.39 is 45.6 Å². The number of carbonyl (C=O) groups is 1. The molecule has 2 rings (SSSR count). The molecule has 0 aliphatic carbocycles. The molecule has 0 aliphatic heterocycles. The van der Waals surface area contributed by atoms with Gasteiger partial charge in [-0.1, -0.05) is 0 Å². The second kappa shape index (κ2) is 7.45. The van der Waals surface area contributed by atoms with Crippen molar-refractivity contribution in [2.24, 2.45) is 0 Å². The van der Waals surface area contributed by atoms with Crippen LogP contribution in [0.4, 0.5) is 24.5 Å². The zero-order valence-electron chi connectivity index (χ0n) is 13.3. The molecule has 0 spiro atoms. The number of halogens is 3. The maximum atomic E-state index is 13.9. The third-order valence-corrected chi connectivity index (χ3v) is 4.40. The van der Waals surface area contributed by atoms with Gasteiger partial charge >= 0.3 is 0 Å². The van der Waals surface area contributed by atoms with Crippen LogP contribution in [-0.2, 0) is 14.8 Å². The minimum absolute atomic E-state index is 0.271. The van der Waals surface area contributed by atoms with Gasteiger partial charge in [0.25, 0.3) is 0 Å². The number of rotatable bonds is 5. The highest BCUT2D eigenvalue weighted by atomic mass is 32.2. The molecular formula is C16H12F3N3O3S. The van der Waals surface area contributed by atoms with Crippen LogP contribution in [-0.4, -0.2) is 27.1 Å². The van der Waals surface area contributed by atoms with Crippen LogP contribution in [0.25, 0.3) is 0 Å². The van der Waals surface area contributed by atoms with E-state index in [4.69, 9.17) is 5.26 Å². The first-order chi connectivity index (χ1) is 12.1. The molecule has 1 amide bonds. The summed E-state index contributed by atoms with van der Waals surface area (Å²) in [7, 11) is -4.17. The highest BCUT2D eigenvalue weighted by molar-refractivity contribution is 7.92. The van der Waals surface area contributed by atoms with Gasteiger partial charge in [0.15, 0.2) is 17.5 Å². The molecule has 0 fully saturated rings. The van der Waals surface area contributed by atoms with Crippen LogP contribution in [0, 0.1) is 28.8 Å². The third kappa shape index (κ3) is 4.31. The van der Waals surface area contributed by atoms with Gasteiger partial charge < -0.3 is 5.32 Å². The fourth-order valence-electron chi connectivity index (χ4n) is 2.05. The maximum absolute atomic E-state index is 13.9. The van der Waals surface area contributed by atoms with Crippen LogP contribution in [0.1, 0.15) is 5.56 Å². The van der Waals surface area contributed by atoms with Crippen molar-refractivity contribution in [3.63, 3.8) is 0 Å². The van der Waals surface area contributed by atoms with E-state index in [-0.39, 0.29) is 5.69 Å². The van der Waals surface area contributed by atoms with Gasteiger partial charge in [0, 0.05) is 5.69 Å². The fourth-order valence-corrected chi connectivity index (χ4v) is 2.90. The van der Waals surface area contributed by atoms with E-state index in [0.29, 0.717) is 22.2 Å². The summed E-state index contributed by atoms with van der Waals surface area (Å²) in [6.45, 7) is -0.860. The Kier molecular flexibility index (Phi) is 5.52. The molecule has 136 valence electrons. The van der Waals surface area contributed by atoms with Gasteiger partial charge in [0.05, 0.1) is 23.6 Å². The lowest BCUT2D eigenvalue weighted by Crippen LogP contribution is -2.38. The zero-order valence-corrected chi connectivity index (χ0v) is 14.1. The van der Waals surface area contributed by atoms with Crippen LogP contribution in [0.15, 0.2) is 36.4 Å². The zero-order chi connectivity index (χ0) is 19.5. The molecule has 0 bridgehead atoms. The van der Waals surface area contributed by atoms with Crippen molar-refractivity contribution in [3.05, 3.63) is 59.4 Å². The normalized spacial score (nSPS) is 10.9. The van der Waals surface area contributed by atoms with E-state index in [0.717, 1.165) is 6.07 Å². The molecule has 0 aliphatic rings. The van der Waals surface area contributed by atoms with Crippen LogP contribution in [0.2, 0.25) is 0 Å². The molecule has 0 saturated carbocycles. The molecule has 0 unspecified atom stereocenters. The van der Waals surface area contributed by atoms with Gasteiger partial charge in [-0.05, 0) is 36.4 Å². The molecule has 2 aromatic rings. The summed E-state index contributed by atoms with van der Waals surface area (Å²) >= 11 is 0. The molecule has 1 N–H and O–H groups in total. The topological polar surface area (TPSA) is 90.3 Å². The van der Waals surface area contributed by atoms with E-state index in [1.165, 1.54) is 24.3 Å². The monoisotopic (exact) mass is 383 g/mol. The van der Waals surface area contributed by atoms with E-state index in [1.807, 2.05) is 6.07 Å². The highest BCUT2D eigenvalue weighted by Crippen LogP contribution is 2.25. The average molecular weight is 383 g/mol. The molecule has 0 aromatic heterocycles. The number of benzene rings is 2. The smallest absolute Gasteiger partial charge is 0.245 e. The van der Waals surface area contributed by atoms with Crippen molar-refractivity contribution >= 4 is 27.3 Å². The average Bonchev–Trinajstić information content (AvgIpc) is 2.58. The first kappa shape index (κ1) is 19.3. The third-order valence-electron chi connectivity index (χ3n) is 3.27. The fraction of sp³-hybridized carbons (Fsp3) is 0.125. The maximum Gasteiger partial charge on any atom is 0.245 e. The number of carbonyl (C=O) groups excluding carboxylic acids is 1. The summed E-state index contributed by atoms with van der Waals surface area (Å²) < 4.78 is 64.4. The second-order valence-electron chi connectivity index (χ2n) is 5.20. The predicted molar refractivity (Wildman–Crippen MR) is 88.3 cm³/mol. The summed E-state index contributed by atoms with van der Waals surface area (Å²) in [6, 6.07) is 8.87. The first-order valence-corrected chi connectivity index (χ1v) is 8.89. The summed E-state index contributed by atoms with van der Waals surface area (Å²) in [5.41, 5.74) is -0.167. The minimum atomic E-state index is -4.17. The standard InChI is InChI=1S/C16H12F3N3O3S/c1-26(24,25)22(13-7-6-12(17)15(18)16(13)19)9-14(23)21-11-4-2-10(8-20)3-5-11/h2-7H,9H2,1H3,(H,21,23). The van der Waals surface area contributed by atoms with E-state index in [1.54, 1.807) is 0 Å². The van der Waals surface area contributed by atoms with Crippen LogP contribution in [0.5, 0.6) is 0 Å². The second-order valence-corrected chi connectivity index (χ2v) is 7.11. The molecule has 0 atom stereocenters. The molecule has 0 heterocycles. The van der Waals surface area contributed by atoms with Crippen LogP contribution < -0.4 is 9.62 Å². The Bertz CT molecular complexity index is 986. The van der Waals surface area contributed by atoms with Crippen molar-refractivity contribution in [1.82, 2.24) is 0 Å². The summed E-state index contributed by atoms with van der Waals surface area (Å²) in [6.07, 6.45) is 0.697. The number of hydrogen-bond acceptors (Lipinski definition) is 4. The number of hydrogen-bond donors (Lipinski definition) is 1. The molecular weight excluding hydrogens is 371 g/mol. The molecule has 0 saturated heterocycles. The van der Waals surface area contributed by atoms with Gasteiger partial charge in [-0.3, -0.25) is 9.10 Å². The molecule has 6 nitrogen and oxygen atoms in total. The van der Waals surface area contributed by atoms with E-state index in [2.05, 4.69) is 5.32 Å². The number of nitrogens with zero attached hydrogens (tertiary/aromatic N) is 2.